The molecule has 0 spiro atoms. The lowest BCUT2D eigenvalue weighted by atomic mass is 9.96. The van der Waals surface area contributed by atoms with E-state index in [2.05, 4.69) is 16.0 Å². The van der Waals surface area contributed by atoms with Crippen LogP contribution in [0, 0.1) is 0 Å². The highest BCUT2D eigenvalue weighted by Crippen LogP contribution is 2.17. The fourth-order valence-corrected chi connectivity index (χ4v) is 2.57. The van der Waals surface area contributed by atoms with E-state index in [1.54, 1.807) is 0 Å². The van der Waals surface area contributed by atoms with Crippen molar-refractivity contribution >= 4 is 11.9 Å². The average molecular weight is 313 g/mol. The van der Waals surface area contributed by atoms with Gasteiger partial charge >= 0.3 is 6.03 Å². The predicted molar refractivity (Wildman–Crippen MR) is 86.8 cm³/mol. The van der Waals surface area contributed by atoms with E-state index in [-0.39, 0.29) is 11.9 Å². The summed E-state index contributed by atoms with van der Waals surface area (Å²) in [5.41, 5.74) is 0. The van der Waals surface area contributed by atoms with E-state index >= 15 is 0 Å². The lowest BCUT2D eigenvalue weighted by molar-refractivity contribution is -0.121. The number of ether oxygens (including phenoxy) is 1. The van der Waals surface area contributed by atoms with E-state index in [1.807, 2.05) is 6.92 Å². The zero-order valence-corrected chi connectivity index (χ0v) is 13.8. The molecular formula is C16H31N3O3. The Balaban J connectivity index is 1.92. The molecule has 6 nitrogen and oxygen atoms in total. The van der Waals surface area contributed by atoms with Crippen LogP contribution >= 0.6 is 0 Å². The Hall–Kier alpha value is -1.30. The van der Waals surface area contributed by atoms with Crippen LogP contribution in [-0.4, -0.2) is 44.3 Å². The topological polar surface area (TPSA) is 79.5 Å². The van der Waals surface area contributed by atoms with E-state index in [4.69, 9.17) is 4.74 Å². The molecule has 0 unspecified atom stereocenters. The number of amides is 3. The van der Waals surface area contributed by atoms with Gasteiger partial charge in [-0.15, -0.1) is 0 Å². The molecule has 22 heavy (non-hydrogen) atoms. The number of carbonyl (C=O) groups excluding carboxylic acids is 2. The molecule has 0 heterocycles. The highest BCUT2D eigenvalue weighted by atomic mass is 16.5. The largest absolute Gasteiger partial charge is 0.382 e. The van der Waals surface area contributed by atoms with Crippen molar-refractivity contribution in [3.8, 4) is 0 Å². The molecule has 1 rings (SSSR count). The molecule has 1 aliphatic carbocycles. The van der Waals surface area contributed by atoms with E-state index in [1.165, 1.54) is 19.3 Å². The minimum absolute atomic E-state index is 0.0333. The summed E-state index contributed by atoms with van der Waals surface area (Å²) in [5, 5.41) is 8.66. The number of urea groups is 1. The van der Waals surface area contributed by atoms with Gasteiger partial charge < -0.3 is 20.7 Å². The molecule has 3 amide bonds. The van der Waals surface area contributed by atoms with E-state index < -0.39 is 0 Å². The molecule has 0 bridgehead atoms. The lowest BCUT2D eigenvalue weighted by Crippen LogP contribution is -2.43. The van der Waals surface area contributed by atoms with Crippen molar-refractivity contribution in [3.05, 3.63) is 0 Å². The number of nitrogens with one attached hydrogen (secondary N) is 3. The molecular weight excluding hydrogens is 282 g/mol. The van der Waals surface area contributed by atoms with Crippen LogP contribution in [0.1, 0.15) is 58.3 Å². The third-order valence-electron chi connectivity index (χ3n) is 3.80. The number of rotatable bonds is 10. The summed E-state index contributed by atoms with van der Waals surface area (Å²) in [6, 6.07) is 0.214. The number of hydrogen-bond acceptors (Lipinski definition) is 3. The van der Waals surface area contributed by atoms with Gasteiger partial charge in [-0.05, 0) is 32.6 Å². The Morgan fingerprint density at radius 3 is 2.50 bits per heavy atom. The van der Waals surface area contributed by atoms with Crippen LogP contribution < -0.4 is 16.0 Å². The van der Waals surface area contributed by atoms with Gasteiger partial charge in [0.25, 0.3) is 0 Å². The zero-order valence-electron chi connectivity index (χ0n) is 13.8. The average Bonchev–Trinajstić information content (AvgIpc) is 2.52. The fourth-order valence-electron chi connectivity index (χ4n) is 2.57. The predicted octanol–water partition coefficient (Wildman–Crippen LogP) is 1.94. The Kier molecular flexibility index (Phi) is 10.5. The fraction of sp³-hybridized carbons (Fsp3) is 0.875. The first-order valence-electron chi connectivity index (χ1n) is 8.61. The minimum atomic E-state index is -0.107. The van der Waals surface area contributed by atoms with Crippen LogP contribution in [0.25, 0.3) is 0 Å². The first kappa shape index (κ1) is 18.7. The maximum absolute atomic E-state index is 11.7. The van der Waals surface area contributed by atoms with Gasteiger partial charge in [0.15, 0.2) is 0 Å². The normalized spacial score (nSPS) is 15.3. The van der Waals surface area contributed by atoms with E-state index in [0.29, 0.717) is 45.2 Å². The summed E-state index contributed by atoms with van der Waals surface area (Å²) >= 11 is 0. The molecule has 128 valence electrons. The van der Waals surface area contributed by atoms with Crippen LogP contribution in [0.2, 0.25) is 0 Å². The lowest BCUT2D eigenvalue weighted by Gasteiger charge is -2.22. The van der Waals surface area contributed by atoms with Crippen LogP contribution in [0.5, 0.6) is 0 Å². The maximum Gasteiger partial charge on any atom is 0.315 e. The summed E-state index contributed by atoms with van der Waals surface area (Å²) in [6.07, 6.45) is 7.78. The molecule has 0 atom stereocenters. The Morgan fingerprint density at radius 1 is 1.05 bits per heavy atom. The van der Waals surface area contributed by atoms with Gasteiger partial charge in [0.1, 0.15) is 0 Å². The third kappa shape index (κ3) is 9.60. The molecule has 0 radical (unpaired) electrons. The summed E-state index contributed by atoms with van der Waals surface area (Å²) in [7, 11) is 0. The van der Waals surface area contributed by atoms with Crippen LogP contribution in [0.4, 0.5) is 4.79 Å². The smallest absolute Gasteiger partial charge is 0.315 e. The van der Waals surface area contributed by atoms with Crippen molar-refractivity contribution in [1.82, 2.24) is 16.0 Å². The quantitative estimate of drug-likeness (QED) is 0.539. The van der Waals surface area contributed by atoms with Gasteiger partial charge in [-0.1, -0.05) is 19.3 Å². The minimum Gasteiger partial charge on any atom is -0.382 e. The van der Waals surface area contributed by atoms with Gasteiger partial charge in [0.2, 0.25) is 5.91 Å². The summed E-state index contributed by atoms with van der Waals surface area (Å²) in [5.74, 6) is 0.0333. The van der Waals surface area contributed by atoms with Gasteiger partial charge in [-0.25, -0.2) is 4.79 Å². The Morgan fingerprint density at radius 2 is 1.77 bits per heavy atom. The van der Waals surface area contributed by atoms with Crippen molar-refractivity contribution < 1.29 is 14.3 Å². The van der Waals surface area contributed by atoms with Crippen molar-refractivity contribution in [2.24, 2.45) is 0 Å². The summed E-state index contributed by atoms with van der Waals surface area (Å²) < 4.78 is 5.20. The third-order valence-corrected chi connectivity index (χ3v) is 3.80. The second kappa shape index (κ2) is 12.3. The van der Waals surface area contributed by atoms with Crippen molar-refractivity contribution in [3.63, 3.8) is 0 Å². The molecule has 1 aliphatic rings. The van der Waals surface area contributed by atoms with Crippen molar-refractivity contribution in [2.45, 2.75) is 64.3 Å². The summed E-state index contributed by atoms with van der Waals surface area (Å²) in [4.78, 5) is 23.2. The zero-order chi connectivity index (χ0) is 16.0. The van der Waals surface area contributed by atoms with E-state index in [0.717, 1.165) is 19.3 Å². The molecule has 0 saturated heterocycles. The van der Waals surface area contributed by atoms with Crippen LogP contribution in [0.3, 0.4) is 0 Å². The standard InChI is InChI=1S/C16H31N3O3/c1-2-22-13-7-12-17-15(20)10-6-11-18-16(21)19-14-8-4-3-5-9-14/h14H,2-13H2,1H3,(H,17,20)(H2,18,19,21). The van der Waals surface area contributed by atoms with Gasteiger partial charge in [0.05, 0.1) is 0 Å². The molecule has 0 aromatic rings. The molecule has 1 saturated carbocycles. The second-order valence-electron chi connectivity index (χ2n) is 5.74. The molecule has 0 aromatic heterocycles. The number of carbonyl (C=O) groups is 2. The van der Waals surface area contributed by atoms with Gasteiger partial charge in [0, 0.05) is 38.8 Å². The second-order valence-corrected chi connectivity index (χ2v) is 5.74. The van der Waals surface area contributed by atoms with Gasteiger partial charge in [-0.3, -0.25) is 4.79 Å². The molecule has 0 aliphatic heterocycles. The summed E-state index contributed by atoms with van der Waals surface area (Å²) in [6.45, 7) is 4.53. The highest BCUT2D eigenvalue weighted by molar-refractivity contribution is 5.76. The Labute approximate surface area is 133 Å². The van der Waals surface area contributed by atoms with Gasteiger partial charge in [-0.2, -0.15) is 0 Å². The molecule has 3 N–H and O–H groups in total. The highest BCUT2D eigenvalue weighted by Gasteiger charge is 2.15. The molecule has 0 aromatic carbocycles. The van der Waals surface area contributed by atoms with Crippen molar-refractivity contribution in [2.75, 3.05) is 26.3 Å². The maximum atomic E-state index is 11.7. The van der Waals surface area contributed by atoms with Crippen molar-refractivity contribution in [1.29, 1.82) is 0 Å². The molecule has 1 fully saturated rings. The first-order chi connectivity index (χ1) is 10.7. The SMILES string of the molecule is CCOCCCNC(=O)CCCNC(=O)NC1CCCCC1. The van der Waals surface area contributed by atoms with E-state index in [9.17, 15) is 9.59 Å². The number of hydrogen-bond donors (Lipinski definition) is 3. The van der Waals surface area contributed by atoms with Crippen LogP contribution in [-0.2, 0) is 9.53 Å². The molecule has 6 heteroatoms. The Bertz CT molecular complexity index is 318. The first-order valence-corrected chi connectivity index (χ1v) is 8.61. The van der Waals surface area contributed by atoms with Crippen LogP contribution in [0.15, 0.2) is 0 Å². The monoisotopic (exact) mass is 313 g/mol.